The summed E-state index contributed by atoms with van der Waals surface area (Å²) in [4.78, 5) is 16.0. The van der Waals surface area contributed by atoms with E-state index in [-0.39, 0.29) is 18.0 Å². The standard InChI is InChI=1S/C16H11F2N3O2/c17-12-7-6-11(8-13(12)18)16(22)19-9-14-20-15(21-23-14)10-4-2-1-3-5-10/h1-8H,9H2,(H,19,22). The number of carbonyl (C=O) groups is 1. The maximum Gasteiger partial charge on any atom is 0.251 e. The Bertz CT molecular complexity index is 834. The van der Waals surface area contributed by atoms with Gasteiger partial charge in [0, 0.05) is 11.1 Å². The maximum absolute atomic E-state index is 13.1. The summed E-state index contributed by atoms with van der Waals surface area (Å²) in [6, 6.07) is 12.1. The second-order valence-electron chi connectivity index (χ2n) is 4.69. The zero-order valence-electron chi connectivity index (χ0n) is 11.8. The molecule has 1 heterocycles. The highest BCUT2D eigenvalue weighted by atomic mass is 19.2. The van der Waals surface area contributed by atoms with Crippen molar-refractivity contribution < 1.29 is 18.1 Å². The lowest BCUT2D eigenvalue weighted by molar-refractivity contribution is 0.0945. The predicted molar refractivity (Wildman–Crippen MR) is 77.3 cm³/mol. The number of hydrogen-bond donors (Lipinski definition) is 1. The number of rotatable bonds is 4. The van der Waals surface area contributed by atoms with E-state index >= 15 is 0 Å². The van der Waals surface area contributed by atoms with Gasteiger partial charge in [0.25, 0.3) is 5.91 Å². The van der Waals surface area contributed by atoms with E-state index in [1.165, 1.54) is 6.07 Å². The summed E-state index contributed by atoms with van der Waals surface area (Å²) in [5.41, 5.74) is 0.793. The van der Waals surface area contributed by atoms with E-state index < -0.39 is 17.5 Å². The smallest absolute Gasteiger partial charge is 0.251 e. The zero-order valence-corrected chi connectivity index (χ0v) is 11.8. The van der Waals surface area contributed by atoms with Gasteiger partial charge in [0.05, 0.1) is 6.54 Å². The summed E-state index contributed by atoms with van der Waals surface area (Å²) in [6.07, 6.45) is 0. The average Bonchev–Trinajstić information content (AvgIpc) is 3.05. The maximum atomic E-state index is 13.1. The topological polar surface area (TPSA) is 68.0 Å². The number of aromatic nitrogens is 2. The van der Waals surface area contributed by atoms with Crippen molar-refractivity contribution in [1.82, 2.24) is 15.5 Å². The van der Waals surface area contributed by atoms with E-state index in [0.29, 0.717) is 5.82 Å². The molecule has 1 N–H and O–H groups in total. The van der Waals surface area contributed by atoms with Gasteiger partial charge in [-0.05, 0) is 18.2 Å². The normalized spacial score (nSPS) is 10.5. The van der Waals surface area contributed by atoms with Crippen molar-refractivity contribution in [2.75, 3.05) is 0 Å². The number of benzene rings is 2. The van der Waals surface area contributed by atoms with Crippen LogP contribution in [0.1, 0.15) is 16.2 Å². The van der Waals surface area contributed by atoms with Crippen LogP contribution >= 0.6 is 0 Å². The third-order valence-corrected chi connectivity index (χ3v) is 3.08. The van der Waals surface area contributed by atoms with Gasteiger partial charge in [-0.2, -0.15) is 4.98 Å². The second-order valence-corrected chi connectivity index (χ2v) is 4.69. The molecule has 3 aromatic rings. The van der Waals surface area contributed by atoms with E-state index in [1.807, 2.05) is 30.3 Å². The van der Waals surface area contributed by atoms with Crippen LogP contribution in [0.5, 0.6) is 0 Å². The molecule has 0 aliphatic rings. The van der Waals surface area contributed by atoms with Gasteiger partial charge in [0.2, 0.25) is 11.7 Å². The zero-order chi connectivity index (χ0) is 16.2. The summed E-state index contributed by atoms with van der Waals surface area (Å²) >= 11 is 0. The lowest BCUT2D eigenvalue weighted by Crippen LogP contribution is -2.23. The highest BCUT2D eigenvalue weighted by molar-refractivity contribution is 5.94. The monoisotopic (exact) mass is 315 g/mol. The van der Waals surface area contributed by atoms with Crippen LogP contribution in [0, 0.1) is 11.6 Å². The summed E-state index contributed by atoms with van der Waals surface area (Å²) < 4.78 is 31.0. The minimum atomic E-state index is -1.08. The van der Waals surface area contributed by atoms with Crippen LogP contribution in [-0.4, -0.2) is 16.0 Å². The molecule has 0 unspecified atom stereocenters. The summed E-state index contributed by atoms with van der Waals surface area (Å²) in [5.74, 6) is -2.04. The third kappa shape index (κ3) is 3.39. The van der Waals surface area contributed by atoms with Gasteiger partial charge in [-0.1, -0.05) is 35.5 Å². The van der Waals surface area contributed by atoms with Crippen LogP contribution in [-0.2, 0) is 6.54 Å². The molecule has 0 aliphatic heterocycles. The Morgan fingerprint density at radius 3 is 2.61 bits per heavy atom. The SMILES string of the molecule is O=C(NCc1nc(-c2ccccc2)no1)c1ccc(F)c(F)c1. The molecule has 1 aromatic heterocycles. The van der Waals surface area contributed by atoms with Crippen molar-refractivity contribution in [3.63, 3.8) is 0 Å². The Morgan fingerprint density at radius 1 is 1.09 bits per heavy atom. The average molecular weight is 315 g/mol. The highest BCUT2D eigenvalue weighted by Crippen LogP contribution is 2.14. The molecule has 0 saturated carbocycles. The Hall–Kier alpha value is -3.09. The molecule has 0 fully saturated rings. The Kier molecular flexibility index (Phi) is 4.09. The summed E-state index contributed by atoms with van der Waals surface area (Å²) in [6.45, 7) is -0.0162. The van der Waals surface area contributed by atoms with Gasteiger partial charge >= 0.3 is 0 Å². The van der Waals surface area contributed by atoms with Crippen LogP contribution < -0.4 is 5.32 Å². The predicted octanol–water partition coefficient (Wildman–Crippen LogP) is 2.94. The Morgan fingerprint density at radius 2 is 1.87 bits per heavy atom. The third-order valence-electron chi connectivity index (χ3n) is 3.08. The van der Waals surface area contributed by atoms with Crippen molar-refractivity contribution in [3.8, 4) is 11.4 Å². The number of hydrogen-bond acceptors (Lipinski definition) is 4. The minimum absolute atomic E-state index is 0.00620. The molecular weight excluding hydrogens is 304 g/mol. The van der Waals surface area contributed by atoms with Crippen molar-refractivity contribution in [2.24, 2.45) is 0 Å². The number of halogens is 2. The highest BCUT2D eigenvalue weighted by Gasteiger charge is 2.12. The molecule has 0 radical (unpaired) electrons. The van der Waals surface area contributed by atoms with Gasteiger partial charge in [-0.3, -0.25) is 4.79 Å². The fourth-order valence-electron chi connectivity index (χ4n) is 1.93. The molecule has 1 amide bonds. The fraction of sp³-hybridized carbons (Fsp3) is 0.0625. The Balaban J connectivity index is 1.65. The number of amides is 1. The first kappa shape index (κ1) is 14.8. The van der Waals surface area contributed by atoms with Gasteiger partial charge in [-0.25, -0.2) is 8.78 Å². The molecule has 2 aromatic carbocycles. The molecule has 23 heavy (non-hydrogen) atoms. The van der Waals surface area contributed by atoms with E-state index in [4.69, 9.17) is 4.52 Å². The van der Waals surface area contributed by atoms with Crippen molar-refractivity contribution >= 4 is 5.91 Å². The number of nitrogens with one attached hydrogen (secondary N) is 1. The molecule has 3 rings (SSSR count). The largest absolute Gasteiger partial charge is 0.343 e. The molecule has 0 bridgehead atoms. The molecule has 116 valence electrons. The molecule has 0 saturated heterocycles. The first-order valence-electron chi connectivity index (χ1n) is 6.75. The molecule has 5 nitrogen and oxygen atoms in total. The van der Waals surface area contributed by atoms with Crippen molar-refractivity contribution in [1.29, 1.82) is 0 Å². The van der Waals surface area contributed by atoms with Crippen LogP contribution in [0.4, 0.5) is 8.78 Å². The second kappa shape index (κ2) is 6.35. The van der Waals surface area contributed by atoms with Crippen molar-refractivity contribution in [2.45, 2.75) is 6.54 Å². The van der Waals surface area contributed by atoms with E-state index in [0.717, 1.165) is 17.7 Å². The number of nitrogens with zero attached hydrogens (tertiary/aromatic N) is 2. The minimum Gasteiger partial charge on any atom is -0.343 e. The van der Waals surface area contributed by atoms with Gasteiger partial charge < -0.3 is 9.84 Å². The molecule has 0 aliphatic carbocycles. The van der Waals surface area contributed by atoms with Gasteiger partial charge in [0.1, 0.15) is 0 Å². The summed E-state index contributed by atoms with van der Waals surface area (Å²) in [7, 11) is 0. The van der Waals surface area contributed by atoms with E-state index in [1.54, 1.807) is 0 Å². The van der Waals surface area contributed by atoms with Crippen LogP contribution in [0.15, 0.2) is 53.1 Å². The Labute approximate surface area is 130 Å². The van der Waals surface area contributed by atoms with Crippen LogP contribution in [0.2, 0.25) is 0 Å². The van der Waals surface area contributed by atoms with Gasteiger partial charge in [-0.15, -0.1) is 0 Å². The van der Waals surface area contributed by atoms with Crippen LogP contribution in [0.3, 0.4) is 0 Å². The van der Waals surface area contributed by atoms with E-state index in [9.17, 15) is 13.6 Å². The van der Waals surface area contributed by atoms with E-state index in [2.05, 4.69) is 15.5 Å². The van der Waals surface area contributed by atoms with Crippen molar-refractivity contribution in [3.05, 3.63) is 71.6 Å². The number of carbonyl (C=O) groups excluding carboxylic acids is 1. The summed E-state index contributed by atoms with van der Waals surface area (Å²) in [5, 5.41) is 6.32. The lowest BCUT2D eigenvalue weighted by Gasteiger charge is -2.02. The molecule has 7 heteroatoms. The first-order chi connectivity index (χ1) is 11.1. The van der Waals surface area contributed by atoms with Crippen LogP contribution in [0.25, 0.3) is 11.4 Å². The molecule has 0 atom stereocenters. The quantitative estimate of drug-likeness (QED) is 0.804. The first-order valence-corrected chi connectivity index (χ1v) is 6.75. The molecule has 0 spiro atoms. The lowest BCUT2D eigenvalue weighted by atomic mass is 10.2. The van der Waals surface area contributed by atoms with Gasteiger partial charge in [0.15, 0.2) is 11.6 Å². The fourth-order valence-corrected chi connectivity index (χ4v) is 1.93. The molecular formula is C16H11F2N3O2.